The Kier molecular flexibility index (Phi) is 26.1. The Hall–Kier alpha value is -16.5. The third kappa shape index (κ3) is 20.7. The van der Waals surface area contributed by atoms with Crippen molar-refractivity contribution in [2.24, 2.45) is 0 Å². The van der Waals surface area contributed by atoms with Crippen LogP contribution in [0.15, 0.2) is 331 Å². The lowest BCUT2D eigenvalue weighted by molar-refractivity contribution is 0.244. The highest BCUT2D eigenvalue weighted by atomic mass is 19.1. The first-order valence-electron chi connectivity index (χ1n) is 41.3. The number of nitrogens with zero attached hydrogens (tertiary/aromatic N) is 15. The largest absolute Gasteiger partial charge is 0.487 e. The van der Waals surface area contributed by atoms with Crippen LogP contribution in [0.25, 0.3) is 34.0 Å². The summed E-state index contributed by atoms with van der Waals surface area (Å²) in [5, 5.41) is 0. The minimum Gasteiger partial charge on any atom is -0.487 e. The number of halogens is 4. The highest BCUT2D eigenvalue weighted by molar-refractivity contribution is 5.96. The van der Waals surface area contributed by atoms with Crippen LogP contribution in [0.3, 0.4) is 0 Å². The highest BCUT2D eigenvalue weighted by Gasteiger charge is 2.29. The molecule has 2 aliphatic rings. The van der Waals surface area contributed by atoms with Crippen LogP contribution in [0, 0.1) is 57.9 Å². The number of carbonyl (C=O) groups is 2. The average Bonchev–Trinajstić information content (AvgIpc) is 1.69. The van der Waals surface area contributed by atoms with Gasteiger partial charge in [-0.25, -0.2) is 70.9 Å². The molecule has 0 aliphatic carbocycles. The number of hydrogen-bond donors (Lipinski definition) is 0. The molecule has 0 N–H and O–H groups in total. The minimum atomic E-state index is -0.573. The van der Waals surface area contributed by atoms with Crippen LogP contribution in [-0.2, 0) is 45.9 Å². The summed E-state index contributed by atoms with van der Waals surface area (Å²) < 4.78 is 94.9. The predicted octanol–water partition coefficient (Wildman–Crippen LogP) is 18.3. The van der Waals surface area contributed by atoms with E-state index < -0.39 is 5.82 Å². The molecular weight excluding hydrogens is 1650 g/mol. The maximum absolute atomic E-state index is 14.5. The van der Waals surface area contributed by atoms with Gasteiger partial charge in [-0.15, -0.1) is 0 Å². The number of aryl methyl sites for hydroxylation is 5. The Morgan fingerprint density at radius 1 is 0.295 bits per heavy atom. The summed E-state index contributed by atoms with van der Waals surface area (Å²) >= 11 is 0. The van der Waals surface area contributed by atoms with Crippen LogP contribution >= 0.6 is 0 Å². The third-order valence-corrected chi connectivity index (χ3v) is 21.0. The second-order valence-corrected chi connectivity index (χ2v) is 30.3. The van der Waals surface area contributed by atoms with Crippen LogP contribution in [0.2, 0.25) is 0 Å². The van der Waals surface area contributed by atoms with Crippen molar-refractivity contribution in [2.75, 3.05) is 22.9 Å². The number of rotatable bonds is 20. The first-order valence-corrected chi connectivity index (χ1v) is 41.3. The number of benzene rings is 10. The molecule has 2 aliphatic heterocycles. The molecule has 0 radical (unpaired) electrons. The SMILES string of the molecule is Cc1ccc(-n2cc(F)c3nc(COc4ccccc4)cn3c2=O)cc1.Cc1ccc(-n2ccc3nc(COc4ccccc4)cn3c2=O)cc1F.Cc1ccc(-n2ccc3nc(COc4ccccc4)cn3c2=O)cc1F.Cc1ccc(N2CCc3nc(COc4cccc(F)c4)cn3C2=O)cc1.Cc1ccc(N2CCc3nc(COc4ccccc4)cn3C2=O)cc1. The lowest BCUT2D eigenvalue weighted by Crippen LogP contribution is -2.41. The molecule has 25 nitrogen and oxygen atoms in total. The van der Waals surface area contributed by atoms with E-state index in [-0.39, 0.29) is 78.7 Å². The maximum Gasteiger partial charge on any atom is 0.338 e. The molecular formula is C100H85F4N15O10. The van der Waals surface area contributed by atoms with E-state index in [4.69, 9.17) is 23.7 Å². The molecule has 20 rings (SSSR count). The first kappa shape index (κ1) is 86.1. The van der Waals surface area contributed by atoms with Gasteiger partial charge in [0.15, 0.2) is 11.5 Å². The normalized spacial score (nSPS) is 12.0. The van der Waals surface area contributed by atoms with Gasteiger partial charge in [0.2, 0.25) is 0 Å². The topological polar surface area (TPSA) is 240 Å². The number of anilines is 2. The minimum absolute atomic E-state index is 0.00924. The Morgan fingerprint density at radius 3 is 1.02 bits per heavy atom. The Bertz CT molecular complexity index is 7020. The van der Waals surface area contributed by atoms with Gasteiger partial charge in [0, 0.05) is 86.8 Å². The van der Waals surface area contributed by atoms with Gasteiger partial charge < -0.3 is 23.7 Å². The van der Waals surface area contributed by atoms with Gasteiger partial charge in [0.25, 0.3) is 0 Å². The molecule has 648 valence electrons. The van der Waals surface area contributed by atoms with E-state index >= 15 is 0 Å². The van der Waals surface area contributed by atoms with E-state index in [0.29, 0.717) is 99.9 Å². The zero-order chi connectivity index (χ0) is 89.6. The van der Waals surface area contributed by atoms with E-state index in [2.05, 4.69) is 24.9 Å². The summed E-state index contributed by atoms with van der Waals surface area (Å²) in [4.78, 5) is 89.3. The van der Waals surface area contributed by atoms with Gasteiger partial charge in [-0.2, -0.15) is 0 Å². The van der Waals surface area contributed by atoms with Crippen molar-refractivity contribution in [3.8, 4) is 45.8 Å². The fourth-order valence-corrected chi connectivity index (χ4v) is 14.1. The number of ether oxygens (including phenoxy) is 5. The quantitative estimate of drug-likeness (QED) is 0.0645. The van der Waals surface area contributed by atoms with Crippen LogP contribution in [0.4, 0.5) is 38.5 Å². The third-order valence-electron chi connectivity index (χ3n) is 21.0. The summed E-state index contributed by atoms with van der Waals surface area (Å²) in [5.41, 5.74) is 10.9. The summed E-state index contributed by atoms with van der Waals surface area (Å²) in [5.74, 6) is 3.26. The molecule has 0 atom stereocenters. The van der Waals surface area contributed by atoms with Crippen molar-refractivity contribution in [3.05, 3.63) is 439 Å². The van der Waals surface area contributed by atoms with Gasteiger partial charge >= 0.3 is 29.1 Å². The molecule has 10 heterocycles. The number of amides is 2. The summed E-state index contributed by atoms with van der Waals surface area (Å²) in [7, 11) is 0. The number of para-hydroxylation sites is 4. The maximum atomic E-state index is 14.5. The molecule has 29 heteroatoms. The number of hydrogen-bond acceptors (Lipinski definition) is 15. The molecule has 0 saturated heterocycles. The molecule has 0 fully saturated rings. The summed E-state index contributed by atoms with van der Waals surface area (Å²) in [6.45, 7) is 11.8. The predicted molar refractivity (Wildman–Crippen MR) is 481 cm³/mol. The molecule has 129 heavy (non-hydrogen) atoms. The average molecular weight is 1730 g/mol. The molecule has 8 aromatic heterocycles. The number of carbonyl (C=O) groups excluding carboxylic acids is 2. The van der Waals surface area contributed by atoms with Crippen LogP contribution in [0.5, 0.6) is 28.7 Å². The molecule has 18 aromatic rings. The van der Waals surface area contributed by atoms with Crippen molar-refractivity contribution >= 4 is 40.4 Å². The van der Waals surface area contributed by atoms with Crippen molar-refractivity contribution in [2.45, 2.75) is 80.5 Å². The molecule has 0 unspecified atom stereocenters. The van der Waals surface area contributed by atoms with Gasteiger partial charge in [0.05, 0.1) is 51.7 Å². The Labute approximate surface area is 736 Å². The highest BCUT2D eigenvalue weighted by Crippen LogP contribution is 2.27. The molecule has 0 saturated carbocycles. The zero-order valence-electron chi connectivity index (χ0n) is 70.7. The van der Waals surface area contributed by atoms with Gasteiger partial charge in [-0.05, 0) is 179 Å². The van der Waals surface area contributed by atoms with Gasteiger partial charge in [0.1, 0.15) is 102 Å². The van der Waals surface area contributed by atoms with Crippen LogP contribution < -0.4 is 50.6 Å². The van der Waals surface area contributed by atoms with Crippen molar-refractivity contribution in [3.63, 3.8) is 0 Å². The number of imidazole rings is 5. The van der Waals surface area contributed by atoms with Crippen LogP contribution in [0.1, 0.15) is 67.9 Å². The fraction of sp³-hybridized carbons (Fsp3) is 0.140. The molecule has 0 bridgehead atoms. The summed E-state index contributed by atoms with van der Waals surface area (Å²) in [6, 6.07) is 79.4. The van der Waals surface area contributed by atoms with E-state index in [9.17, 15) is 41.5 Å². The monoisotopic (exact) mass is 1730 g/mol. The molecule has 0 spiro atoms. The second-order valence-electron chi connectivity index (χ2n) is 30.3. The molecule has 10 aromatic carbocycles. The Balaban J connectivity index is 0.000000118. The van der Waals surface area contributed by atoms with Crippen molar-refractivity contribution < 1.29 is 50.8 Å². The Morgan fingerprint density at radius 2 is 0.636 bits per heavy atom. The number of fused-ring (bicyclic) bond motifs is 5. The van der Waals surface area contributed by atoms with Crippen molar-refractivity contribution in [1.82, 2.24) is 61.0 Å². The molecule has 2 amide bonds. The first-order chi connectivity index (χ1) is 62.6. The van der Waals surface area contributed by atoms with Gasteiger partial charge in [-0.1, -0.05) is 144 Å². The lowest BCUT2D eigenvalue weighted by Gasteiger charge is -2.27. The van der Waals surface area contributed by atoms with E-state index in [1.807, 2.05) is 203 Å². The number of aromatic nitrogens is 13. The lowest BCUT2D eigenvalue weighted by atomic mass is 10.2. The van der Waals surface area contributed by atoms with E-state index in [0.717, 1.165) is 69.7 Å². The van der Waals surface area contributed by atoms with E-state index in [1.165, 1.54) is 62.9 Å². The smallest absolute Gasteiger partial charge is 0.338 e. The van der Waals surface area contributed by atoms with Crippen molar-refractivity contribution in [1.29, 1.82) is 0 Å². The second kappa shape index (κ2) is 39.2. The summed E-state index contributed by atoms with van der Waals surface area (Å²) in [6.07, 6.45) is 14.0. The standard InChI is InChI=1S/C20H18FN3O2.3C20H16FN3O2.C20H19N3O2/c1-14-5-7-17(8-6-14)23-10-9-19-22-16(12-24(19)20(23)25)13-26-18-4-2-3-15(21)11-18;1-14-7-9-16(10-8-14)23-12-18(21)19-22-15(11-24(19)20(23)25)13-26-17-5-3-2-4-6-17;2*1-14-7-8-16(11-18(14)21)23-10-9-19-22-15(12-24(19)20(23)25)13-26-17-5-3-2-4-6-17;1-15-7-9-17(10-8-15)22-12-11-19-21-16(13-23(19)20(22)24)14-25-18-5-3-2-4-6-18/h2-8,11-12H,9-10,13H2,1H3;3*2-12H,13H2,1H3;2-10,13H,11-12,14H2,1H3. The zero-order valence-corrected chi connectivity index (χ0v) is 70.7. The van der Waals surface area contributed by atoms with E-state index in [1.54, 1.807) is 131 Å². The van der Waals surface area contributed by atoms with Crippen LogP contribution in [-0.4, -0.2) is 86.1 Å². The fourth-order valence-electron chi connectivity index (χ4n) is 14.1. The van der Waals surface area contributed by atoms with Gasteiger partial charge in [-0.3, -0.25) is 41.4 Å².